The van der Waals surface area contributed by atoms with E-state index >= 15 is 0 Å². The van der Waals surface area contributed by atoms with E-state index in [1.54, 1.807) is 0 Å². The fourth-order valence-electron chi connectivity index (χ4n) is 1.60. The van der Waals surface area contributed by atoms with Crippen LogP contribution in [-0.2, 0) is 4.74 Å². The van der Waals surface area contributed by atoms with Crippen LogP contribution in [0.15, 0.2) is 30.3 Å². The second-order valence-corrected chi connectivity index (χ2v) is 4.86. The summed E-state index contributed by atoms with van der Waals surface area (Å²) >= 11 is 9.39. The van der Waals surface area contributed by atoms with Gasteiger partial charge in [-0.05, 0) is 36.6 Å². The van der Waals surface area contributed by atoms with E-state index in [-0.39, 0.29) is 6.10 Å². The van der Waals surface area contributed by atoms with Gasteiger partial charge in [-0.1, -0.05) is 39.7 Å². The number of rotatable bonds is 2. The maximum atomic E-state index is 5.83. The Balaban J connectivity index is 2.12. The molecular weight excluding hydrogens is 275 g/mol. The number of hydrogen-bond acceptors (Lipinski definition) is 1. The summed E-state index contributed by atoms with van der Waals surface area (Å²) in [5, 5.41) is 0.760. The molecule has 1 saturated heterocycles. The maximum absolute atomic E-state index is 5.83. The van der Waals surface area contributed by atoms with E-state index in [9.17, 15) is 0 Å². The number of halogens is 2. The van der Waals surface area contributed by atoms with Crippen LogP contribution in [0.5, 0.6) is 0 Å². The van der Waals surface area contributed by atoms with Crippen molar-refractivity contribution < 1.29 is 4.74 Å². The van der Waals surface area contributed by atoms with Crippen molar-refractivity contribution in [2.45, 2.75) is 18.9 Å². The van der Waals surface area contributed by atoms with Crippen LogP contribution < -0.4 is 0 Å². The van der Waals surface area contributed by atoms with E-state index in [4.69, 9.17) is 16.3 Å². The Hall–Kier alpha value is -0.310. The van der Waals surface area contributed by atoms with Gasteiger partial charge >= 0.3 is 0 Å². The van der Waals surface area contributed by atoms with E-state index in [0.29, 0.717) is 0 Å². The van der Waals surface area contributed by atoms with Gasteiger partial charge in [0.15, 0.2) is 0 Å². The molecule has 1 aliphatic heterocycles. The van der Waals surface area contributed by atoms with Crippen LogP contribution in [0.4, 0.5) is 0 Å². The summed E-state index contributed by atoms with van der Waals surface area (Å²) in [7, 11) is 0. The second-order valence-electron chi connectivity index (χ2n) is 3.57. The van der Waals surface area contributed by atoms with Crippen LogP contribution in [0, 0.1) is 0 Å². The smallest absolute Gasteiger partial charge is 0.0770 e. The monoisotopic (exact) mass is 286 g/mol. The minimum absolute atomic E-state index is 0.259. The molecule has 1 aliphatic rings. The Bertz CT molecular complexity index is 352. The normalized spacial score (nSPS) is 22.0. The molecule has 1 aromatic rings. The van der Waals surface area contributed by atoms with E-state index in [1.165, 1.54) is 0 Å². The van der Waals surface area contributed by atoms with Gasteiger partial charge in [0.05, 0.1) is 6.10 Å². The lowest BCUT2D eigenvalue weighted by atomic mass is 10.1. The van der Waals surface area contributed by atoms with Gasteiger partial charge in [0, 0.05) is 16.1 Å². The first-order chi connectivity index (χ1) is 7.25. The van der Waals surface area contributed by atoms with Crippen LogP contribution in [0.3, 0.4) is 0 Å². The lowest BCUT2D eigenvalue weighted by Gasteiger charge is -2.05. The van der Waals surface area contributed by atoms with Gasteiger partial charge in [0.25, 0.3) is 0 Å². The number of ether oxygens (including phenoxy) is 1. The van der Waals surface area contributed by atoms with E-state index in [2.05, 4.69) is 22.0 Å². The molecule has 0 radical (unpaired) electrons. The van der Waals surface area contributed by atoms with Crippen molar-refractivity contribution >= 4 is 32.0 Å². The molecule has 1 nitrogen and oxygen atoms in total. The third-order valence-corrected chi connectivity index (χ3v) is 3.39. The van der Waals surface area contributed by atoms with Crippen molar-refractivity contribution in [1.29, 1.82) is 0 Å². The predicted octanol–water partition coefficient (Wildman–Crippen LogP) is 4.25. The molecule has 1 fully saturated rings. The molecule has 0 aromatic heterocycles. The molecular formula is C12H12BrClO. The highest BCUT2D eigenvalue weighted by molar-refractivity contribution is 9.15. The molecule has 2 rings (SSSR count). The van der Waals surface area contributed by atoms with Crippen LogP contribution in [0.25, 0.3) is 4.48 Å². The van der Waals surface area contributed by atoms with Crippen molar-refractivity contribution in [1.82, 2.24) is 0 Å². The molecule has 80 valence electrons. The van der Waals surface area contributed by atoms with Crippen molar-refractivity contribution in [3.05, 3.63) is 40.9 Å². The lowest BCUT2D eigenvalue weighted by Crippen LogP contribution is -1.99. The molecule has 0 N–H and O–H groups in total. The molecule has 1 heterocycles. The number of benzene rings is 1. The quantitative estimate of drug-likeness (QED) is 0.790. The summed E-state index contributed by atoms with van der Waals surface area (Å²) in [5.41, 5.74) is 1.13. The largest absolute Gasteiger partial charge is 0.374 e. The zero-order chi connectivity index (χ0) is 10.7. The molecule has 3 heteroatoms. The minimum atomic E-state index is 0.259. The first-order valence-corrected chi connectivity index (χ1v) is 6.17. The first-order valence-electron chi connectivity index (χ1n) is 5.00. The van der Waals surface area contributed by atoms with Gasteiger partial charge in [-0.3, -0.25) is 0 Å². The molecule has 0 spiro atoms. The maximum Gasteiger partial charge on any atom is 0.0770 e. The van der Waals surface area contributed by atoms with Crippen LogP contribution in [-0.4, -0.2) is 12.7 Å². The summed E-state index contributed by atoms with van der Waals surface area (Å²) < 4.78 is 6.61. The van der Waals surface area contributed by atoms with Gasteiger partial charge < -0.3 is 4.74 Å². The van der Waals surface area contributed by atoms with Crippen molar-refractivity contribution in [2.75, 3.05) is 6.61 Å². The average molecular weight is 288 g/mol. The van der Waals surface area contributed by atoms with Crippen molar-refractivity contribution in [3.63, 3.8) is 0 Å². The standard InChI is InChI=1S/C12H12BrClO/c13-12(8-11-2-1-7-15-11)9-3-5-10(14)6-4-9/h3-6,8,11H,1-2,7H2/b12-8-/t11-/m1/s1. The van der Waals surface area contributed by atoms with Crippen molar-refractivity contribution in [3.8, 4) is 0 Å². The van der Waals surface area contributed by atoms with Gasteiger partial charge in [-0.2, -0.15) is 0 Å². The summed E-state index contributed by atoms with van der Waals surface area (Å²) in [4.78, 5) is 0. The molecule has 0 saturated carbocycles. The third kappa shape index (κ3) is 3.07. The first kappa shape index (κ1) is 11.2. The van der Waals surface area contributed by atoms with E-state index in [1.807, 2.05) is 24.3 Å². The van der Waals surface area contributed by atoms with Crippen LogP contribution in [0.1, 0.15) is 18.4 Å². The highest BCUT2D eigenvalue weighted by atomic mass is 79.9. The fourth-order valence-corrected chi connectivity index (χ4v) is 2.29. The highest BCUT2D eigenvalue weighted by Gasteiger charge is 2.13. The zero-order valence-electron chi connectivity index (χ0n) is 8.25. The Kier molecular flexibility index (Phi) is 3.84. The third-order valence-electron chi connectivity index (χ3n) is 2.42. The number of hydrogen-bond donors (Lipinski definition) is 0. The second kappa shape index (κ2) is 5.15. The van der Waals surface area contributed by atoms with Gasteiger partial charge in [-0.15, -0.1) is 0 Å². The average Bonchev–Trinajstić information content (AvgIpc) is 2.71. The summed E-state index contributed by atoms with van der Waals surface area (Å²) in [5.74, 6) is 0. The highest BCUT2D eigenvalue weighted by Crippen LogP contribution is 2.26. The van der Waals surface area contributed by atoms with E-state index in [0.717, 1.165) is 34.5 Å². The molecule has 1 atom stereocenters. The van der Waals surface area contributed by atoms with Crippen molar-refractivity contribution in [2.24, 2.45) is 0 Å². The molecule has 0 amide bonds. The summed E-state index contributed by atoms with van der Waals surface area (Å²) in [6.45, 7) is 0.877. The van der Waals surface area contributed by atoms with E-state index < -0.39 is 0 Å². The molecule has 0 bridgehead atoms. The van der Waals surface area contributed by atoms with Gasteiger partial charge in [0.1, 0.15) is 0 Å². The Morgan fingerprint density at radius 1 is 1.40 bits per heavy atom. The Morgan fingerprint density at radius 3 is 2.73 bits per heavy atom. The molecule has 0 aliphatic carbocycles. The van der Waals surface area contributed by atoms with Crippen LogP contribution >= 0.6 is 27.5 Å². The molecule has 1 aromatic carbocycles. The van der Waals surface area contributed by atoms with Gasteiger partial charge in [0.2, 0.25) is 0 Å². The lowest BCUT2D eigenvalue weighted by molar-refractivity contribution is 0.146. The topological polar surface area (TPSA) is 9.23 Å². The summed E-state index contributed by atoms with van der Waals surface area (Å²) in [6.07, 6.45) is 4.65. The zero-order valence-corrected chi connectivity index (χ0v) is 10.6. The summed E-state index contributed by atoms with van der Waals surface area (Å²) in [6, 6.07) is 7.78. The Labute approximate surface area is 103 Å². The Morgan fingerprint density at radius 2 is 2.13 bits per heavy atom. The molecule has 0 unspecified atom stereocenters. The molecule has 15 heavy (non-hydrogen) atoms. The SMILES string of the molecule is Clc1ccc(/C(Br)=C/[C@H]2CCCO2)cc1. The van der Waals surface area contributed by atoms with Gasteiger partial charge in [-0.25, -0.2) is 0 Å². The fraction of sp³-hybridized carbons (Fsp3) is 0.333. The minimum Gasteiger partial charge on any atom is -0.374 e. The van der Waals surface area contributed by atoms with Crippen LogP contribution in [0.2, 0.25) is 5.02 Å². The predicted molar refractivity (Wildman–Crippen MR) is 67.3 cm³/mol.